The number of fused-ring (bicyclic) bond motifs is 1. The molecular formula is C21H22Cl3N3O. The molecule has 0 aliphatic rings. The van der Waals surface area contributed by atoms with Crippen LogP contribution in [0.3, 0.4) is 0 Å². The van der Waals surface area contributed by atoms with E-state index in [1.807, 2.05) is 25.1 Å². The second-order valence-corrected chi connectivity index (χ2v) is 7.94. The van der Waals surface area contributed by atoms with Crippen LogP contribution in [0.15, 0.2) is 36.4 Å². The molecule has 0 aliphatic carbocycles. The van der Waals surface area contributed by atoms with Gasteiger partial charge in [0, 0.05) is 23.1 Å². The Bertz CT molecular complexity index is 1000. The van der Waals surface area contributed by atoms with E-state index in [1.165, 1.54) is 0 Å². The van der Waals surface area contributed by atoms with Crippen molar-refractivity contribution in [3.8, 4) is 0 Å². The van der Waals surface area contributed by atoms with Crippen LogP contribution in [0.5, 0.6) is 0 Å². The van der Waals surface area contributed by atoms with Crippen LogP contribution in [0.4, 0.5) is 0 Å². The molecule has 0 aliphatic heterocycles. The van der Waals surface area contributed by atoms with Gasteiger partial charge >= 0.3 is 0 Å². The van der Waals surface area contributed by atoms with Crippen LogP contribution in [-0.4, -0.2) is 26.9 Å². The Morgan fingerprint density at radius 3 is 2.43 bits per heavy atom. The van der Waals surface area contributed by atoms with Gasteiger partial charge in [-0.3, -0.25) is 4.79 Å². The fourth-order valence-corrected chi connectivity index (χ4v) is 3.92. The third-order valence-electron chi connectivity index (χ3n) is 4.51. The number of halogens is 3. The van der Waals surface area contributed by atoms with Crippen LogP contribution in [0, 0.1) is 0 Å². The zero-order valence-electron chi connectivity index (χ0n) is 15.9. The maximum Gasteiger partial charge on any atom is 0.255 e. The second-order valence-electron chi connectivity index (χ2n) is 6.66. The first-order chi connectivity index (χ1) is 13.4. The summed E-state index contributed by atoms with van der Waals surface area (Å²) in [6.45, 7) is 5.97. The highest BCUT2D eigenvalue weighted by Crippen LogP contribution is 2.25. The van der Waals surface area contributed by atoms with Crippen molar-refractivity contribution < 1.29 is 4.79 Å². The topological polar surface area (TPSA) is 38.1 Å². The Morgan fingerprint density at radius 1 is 1.04 bits per heavy atom. The Balaban J connectivity index is 1.98. The zero-order valence-corrected chi connectivity index (χ0v) is 18.2. The maximum absolute atomic E-state index is 13.2. The molecule has 0 fully saturated rings. The zero-order chi connectivity index (χ0) is 20.3. The summed E-state index contributed by atoms with van der Waals surface area (Å²) in [5.74, 6) is 0.711. The summed E-state index contributed by atoms with van der Waals surface area (Å²) in [6, 6.07) is 10.6. The molecule has 7 heteroatoms. The van der Waals surface area contributed by atoms with Crippen molar-refractivity contribution in [3.05, 3.63) is 62.9 Å². The van der Waals surface area contributed by atoms with E-state index in [2.05, 4.69) is 11.5 Å². The van der Waals surface area contributed by atoms with Gasteiger partial charge in [-0.1, -0.05) is 48.7 Å². The van der Waals surface area contributed by atoms with Gasteiger partial charge < -0.3 is 9.47 Å². The highest BCUT2D eigenvalue weighted by Gasteiger charge is 2.21. The summed E-state index contributed by atoms with van der Waals surface area (Å²) in [5, 5.41) is 1.53. The van der Waals surface area contributed by atoms with E-state index in [1.54, 1.807) is 23.1 Å². The van der Waals surface area contributed by atoms with Crippen LogP contribution in [-0.2, 0) is 13.1 Å². The van der Waals surface area contributed by atoms with Gasteiger partial charge in [0.15, 0.2) is 0 Å². The number of imidazole rings is 1. The number of aryl methyl sites for hydroxylation is 1. The summed E-state index contributed by atoms with van der Waals surface area (Å²) < 4.78 is 2.14. The molecule has 1 aromatic heterocycles. The van der Waals surface area contributed by atoms with Crippen LogP contribution in [0.25, 0.3) is 11.0 Å². The molecule has 0 unspecified atom stereocenters. The minimum Gasteiger partial charge on any atom is -0.331 e. The molecular weight excluding hydrogens is 417 g/mol. The lowest BCUT2D eigenvalue weighted by Gasteiger charge is -2.23. The molecule has 1 heterocycles. The predicted molar refractivity (Wildman–Crippen MR) is 117 cm³/mol. The number of hydrogen-bond donors (Lipinski definition) is 0. The van der Waals surface area contributed by atoms with Crippen LogP contribution in [0.1, 0.15) is 42.9 Å². The third-order valence-corrected chi connectivity index (χ3v) is 5.29. The molecule has 3 rings (SSSR count). The van der Waals surface area contributed by atoms with E-state index in [0.29, 0.717) is 33.7 Å². The molecule has 0 bridgehead atoms. The number of benzene rings is 2. The van der Waals surface area contributed by atoms with E-state index in [9.17, 15) is 4.79 Å². The molecule has 4 nitrogen and oxygen atoms in total. The second kappa shape index (κ2) is 9.17. The van der Waals surface area contributed by atoms with Crippen molar-refractivity contribution >= 4 is 51.7 Å². The molecule has 0 saturated carbocycles. The number of rotatable bonds is 7. The average Bonchev–Trinajstić information content (AvgIpc) is 2.98. The lowest BCUT2D eigenvalue weighted by Crippen LogP contribution is -2.32. The van der Waals surface area contributed by atoms with Crippen molar-refractivity contribution in [1.82, 2.24) is 14.5 Å². The minimum absolute atomic E-state index is 0.128. The van der Waals surface area contributed by atoms with Crippen LogP contribution < -0.4 is 0 Å². The van der Waals surface area contributed by atoms with Gasteiger partial charge in [0.05, 0.1) is 28.2 Å². The van der Waals surface area contributed by atoms with E-state index in [0.717, 1.165) is 36.2 Å². The van der Waals surface area contributed by atoms with Crippen molar-refractivity contribution in [1.29, 1.82) is 0 Å². The number of carbonyl (C=O) groups excluding carboxylic acids is 1. The average molecular weight is 439 g/mol. The summed E-state index contributed by atoms with van der Waals surface area (Å²) in [4.78, 5) is 19.7. The van der Waals surface area contributed by atoms with E-state index >= 15 is 0 Å². The molecule has 0 atom stereocenters. The summed E-state index contributed by atoms with van der Waals surface area (Å²) >= 11 is 18.4. The van der Waals surface area contributed by atoms with Gasteiger partial charge in [-0.15, -0.1) is 0 Å². The van der Waals surface area contributed by atoms with Gasteiger partial charge in [-0.2, -0.15) is 0 Å². The van der Waals surface area contributed by atoms with Crippen molar-refractivity contribution in [2.24, 2.45) is 0 Å². The van der Waals surface area contributed by atoms with Crippen molar-refractivity contribution in [3.63, 3.8) is 0 Å². The fourth-order valence-electron chi connectivity index (χ4n) is 3.27. The summed E-state index contributed by atoms with van der Waals surface area (Å²) in [6.07, 6.45) is 1.78. The minimum atomic E-state index is -0.128. The van der Waals surface area contributed by atoms with Crippen LogP contribution >= 0.6 is 34.8 Å². The highest BCUT2D eigenvalue weighted by atomic mass is 35.5. The van der Waals surface area contributed by atoms with E-state index < -0.39 is 0 Å². The fraction of sp³-hybridized carbons (Fsp3) is 0.333. The molecule has 2 aromatic carbocycles. The van der Waals surface area contributed by atoms with Gasteiger partial charge in [0.25, 0.3) is 5.91 Å². The first-order valence-corrected chi connectivity index (χ1v) is 10.5. The Hall–Kier alpha value is -1.75. The monoisotopic (exact) mass is 437 g/mol. The number of amides is 1. The lowest BCUT2D eigenvalue weighted by atomic mass is 10.2. The molecule has 0 spiro atoms. The lowest BCUT2D eigenvalue weighted by molar-refractivity contribution is 0.0737. The largest absolute Gasteiger partial charge is 0.331 e. The third kappa shape index (κ3) is 4.45. The molecule has 28 heavy (non-hydrogen) atoms. The summed E-state index contributed by atoms with van der Waals surface area (Å²) in [7, 11) is 0. The molecule has 0 saturated heterocycles. The van der Waals surface area contributed by atoms with Gasteiger partial charge in [-0.25, -0.2) is 4.98 Å². The normalized spacial score (nSPS) is 11.2. The SMILES string of the molecule is CCCN(Cc1nc2ccc(Cl)cc2n1CCC)C(=O)c1ccc(Cl)cc1Cl. The Labute approximate surface area is 180 Å². The Kier molecular flexibility index (Phi) is 6.86. The summed E-state index contributed by atoms with van der Waals surface area (Å²) in [5.41, 5.74) is 2.31. The standard InChI is InChI=1S/C21H22Cl3N3O/c1-3-9-26(21(28)16-7-5-14(22)11-17(16)24)13-20-25-18-8-6-15(23)12-19(18)27(20)10-4-2/h5-8,11-12H,3-4,9-10,13H2,1-2H3. The first kappa shape index (κ1) is 21.0. The number of nitrogens with zero attached hydrogens (tertiary/aromatic N) is 3. The van der Waals surface area contributed by atoms with Crippen LogP contribution in [0.2, 0.25) is 15.1 Å². The predicted octanol–water partition coefficient (Wildman–Crippen LogP) is 6.46. The number of aromatic nitrogens is 2. The quantitative estimate of drug-likeness (QED) is 0.424. The van der Waals surface area contributed by atoms with Gasteiger partial charge in [-0.05, 0) is 49.2 Å². The number of carbonyl (C=O) groups is 1. The molecule has 1 amide bonds. The molecule has 0 N–H and O–H groups in total. The molecule has 3 aromatic rings. The van der Waals surface area contributed by atoms with E-state index in [-0.39, 0.29) is 5.91 Å². The Morgan fingerprint density at radius 2 is 1.75 bits per heavy atom. The maximum atomic E-state index is 13.2. The van der Waals surface area contributed by atoms with E-state index in [4.69, 9.17) is 39.8 Å². The molecule has 148 valence electrons. The highest BCUT2D eigenvalue weighted by molar-refractivity contribution is 6.36. The molecule has 0 radical (unpaired) electrons. The van der Waals surface area contributed by atoms with Crippen molar-refractivity contribution in [2.75, 3.05) is 6.54 Å². The van der Waals surface area contributed by atoms with Crippen molar-refractivity contribution in [2.45, 2.75) is 39.8 Å². The van der Waals surface area contributed by atoms with Gasteiger partial charge in [0.2, 0.25) is 0 Å². The first-order valence-electron chi connectivity index (χ1n) is 9.33. The number of hydrogen-bond acceptors (Lipinski definition) is 2. The van der Waals surface area contributed by atoms with Gasteiger partial charge in [0.1, 0.15) is 5.82 Å². The smallest absolute Gasteiger partial charge is 0.255 e.